The first kappa shape index (κ1) is 6.95. The van der Waals surface area contributed by atoms with Gasteiger partial charge in [-0.2, -0.15) is 0 Å². The molecule has 4 heteroatoms. The first-order chi connectivity index (χ1) is 4.33. The number of rotatable bonds is 1. The Balaban J connectivity index is 2.18. The topological polar surface area (TPSA) is 64.7 Å². The van der Waals surface area contributed by atoms with Crippen LogP contribution in [0.15, 0.2) is 0 Å². The Morgan fingerprint density at radius 2 is 2.00 bits per heavy atom. The maximum absolute atomic E-state index is 8.49. The summed E-state index contributed by atoms with van der Waals surface area (Å²) >= 11 is 0. The molecule has 0 aromatic heterocycles. The van der Waals surface area contributed by atoms with Crippen molar-refractivity contribution >= 4 is 0 Å². The molecule has 0 saturated carbocycles. The van der Waals surface area contributed by atoms with Gasteiger partial charge in [0.25, 0.3) is 0 Å². The number of nitrogens with two attached hydrogens (primary N) is 1. The SMILES string of the molecule is NC1COC(CO)OC1. The van der Waals surface area contributed by atoms with Crippen LogP contribution in [-0.2, 0) is 9.47 Å². The van der Waals surface area contributed by atoms with E-state index in [0.717, 1.165) is 0 Å². The minimum Gasteiger partial charge on any atom is -0.391 e. The molecule has 1 fully saturated rings. The molecule has 1 saturated heterocycles. The molecule has 0 atom stereocenters. The van der Waals surface area contributed by atoms with Gasteiger partial charge in [-0.25, -0.2) is 0 Å². The van der Waals surface area contributed by atoms with E-state index in [1.807, 2.05) is 0 Å². The van der Waals surface area contributed by atoms with E-state index in [1.165, 1.54) is 0 Å². The van der Waals surface area contributed by atoms with Crippen molar-refractivity contribution in [3.63, 3.8) is 0 Å². The lowest BCUT2D eigenvalue weighted by Gasteiger charge is -2.25. The number of aliphatic hydroxyl groups excluding tert-OH is 1. The highest BCUT2D eigenvalue weighted by molar-refractivity contribution is 4.63. The summed E-state index contributed by atoms with van der Waals surface area (Å²) in [5.74, 6) is 0. The van der Waals surface area contributed by atoms with Crippen molar-refractivity contribution < 1.29 is 14.6 Å². The second-order valence-electron chi connectivity index (χ2n) is 2.04. The van der Waals surface area contributed by atoms with E-state index in [1.54, 1.807) is 0 Å². The molecule has 1 aliphatic heterocycles. The molecule has 0 unspecified atom stereocenters. The summed E-state index contributed by atoms with van der Waals surface area (Å²) < 4.78 is 9.88. The molecule has 0 radical (unpaired) electrons. The number of hydrogen-bond donors (Lipinski definition) is 2. The molecule has 4 nitrogen and oxygen atoms in total. The minimum atomic E-state index is -0.454. The molecule has 0 spiro atoms. The van der Waals surface area contributed by atoms with Crippen LogP contribution in [0.25, 0.3) is 0 Å². The zero-order valence-electron chi connectivity index (χ0n) is 5.12. The van der Waals surface area contributed by atoms with E-state index in [4.69, 9.17) is 20.3 Å². The van der Waals surface area contributed by atoms with Crippen LogP contribution in [0, 0.1) is 0 Å². The molecule has 0 bridgehead atoms. The smallest absolute Gasteiger partial charge is 0.180 e. The summed E-state index contributed by atoms with van der Waals surface area (Å²) in [5, 5.41) is 8.49. The zero-order valence-corrected chi connectivity index (χ0v) is 5.12. The van der Waals surface area contributed by atoms with Crippen LogP contribution >= 0.6 is 0 Å². The molecule has 1 heterocycles. The first-order valence-corrected chi connectivity index (χ1v) is 2.92. The lowest BCUT2D eigenvalue weighted by molar-refractivity contribution is -0.200. The lowest BCUT2D eigenvalue weighted by Crippen LogP contribution is -2.42. The number of aliphatic hydroxyl groups is 1. The second kappa shape index (κ2) is 3.12. The monoisotopic (exact) mass is 133 g/mol. The van der Waals surface area contributed by atoms with Gasteiger partial charge in [0.05, 0.1) is 25.9 Å². The van der Waals surface area contributed by atoms with Crippen LogP contribution in [-0.4, -0.2) is 37.3 Å². The standard InChI is InChI=1S/C5H11NO3/c6-4-2-8-5(1-7)9-3-4/h4-5,7H,1-3,6H2. The van der Waals surface area contributed by atoms with Gasteiger partial charge in [0.15, 0.2) is 6.29 Å². The Hall–Kier alpha value is -0.160. The van der Waals surface area contributed by atoms with Crippen molar-refractivity contribution in [3.05, 3.63) is 0 Å². The maximum Gasteiger partial charge on any atom is 0.180 e. The van der Waals surface area contributed by atoms with E-state index < -0.39 is 6.29 Å². The van der Waals surface area contributed by atoms with Gasteiger partial charge < -0.3 is 20.3 Å². The summed E-state index contributed by atoms with van der Waals surface area (Å²) in [6.07, 6.45) is -0.454. The highest BCUT2D eigenvalue weighted by Crippen LogP contribution is 2.01. The predicted molar refractivity (Wildman–Crippen MR) is 30.8 cm³/mol. The number of ether oxygens (including phenoxy) is 2. The van der Waals surface area contributed by atoms with Crippen LogP contribution in [0.2, 0.25) is 0 Å². The van der Waals surface area contributed by atoms with Crippen molar-refractivity contribution in [1.29, 1.82) is 0 Å². The molecular weight excluding hydrogens is 122 g/mol. The van der Waals surface area contributed by atoms with Gasteiger partial charge in [-0.15, -0.1) is 0 Å². The second-order valence-corrected chi connectivity index (χ2v) is 2.04. The maximum atomic E-state index is 8.49. The average Bonchev–Trinajstić information content (AvgIpc) is 1.90. The molecule has 3 N–H and O–H groups in total. The Morgan fingerprint density at radius 1 is 1.44 bits per heavy atom. The Bertz CT molecular complexity index is 80.3. The van der Waals surface area contributed by atoms with Gasteiger partial charge in [-0.1, -0.05) is 0 Å². The number of hydrogen-bond acceptors (Lipinski definition) is 4. The molecule has 1 aliphatic rings. The zero-order chi connectivity index (χ0) is 6.69. The van der Waals surface area contributed by atoms with E-state index in [0.29, 0.717) is 13.2 Å². The molecule has 54 valence electrons. The average molecular weight is 133 g/mol. The fraction of sp³-hybridized carbons (Fsp3) is 1.00. The Kier molecular flexibility index (Phi) is 2.41. The highest BCUT2D eigenvalue weighted by Gasteiger charge is 2.17. The van der Waals surface area contributed by atoms with Crippen molar-refractivity contribution in [3.8, 4) is 0 Å². The third-order valence-electron chi connectivity index (χ3n) is 1.14. The van der Waals surface area contributed by atoms with Crippen LogP contribution in [0.4, 0.5) is 0 Å². The Morgan fingerprint density at radius 3 is 2.44 bits per heavy atom. The predicted octanol–water partition coefficient (Wildman–Crippen LogP) is -1.32. The van der Waals surface area contributed by atoms with E-state index in [2.05, 4.69) is 0 Å². The summed E-state index contributed by atoms with van der Waals surface area (Å²) in [4.78, 5) is 0. The van der Waals surface area contributed by atoms with E-state index in [-0.39, 0.29) is 12.6 Å². The fourth-order valence-electron chi connectivity index (χ4n) is 0.663. The van der Waals surface area contributed by atoms with Gasteiger partial charge in [0.2, 0.25) is 0 Å². The normalized spacial score (nSPS) is 36.7. The van der Waals surface area contributed by atoms with Crippen molar-refractivity contribution in [2.24, 2.45) is 5.73 Å². The van der Waals surface area contributed by atoms with Gasteiger partial charge in [-0.3, -0.25) is 0 Å². The van der Waals surface area contributed by atoms with Crippen molar-refractivity contribution in [2.45, 2.75) is 12.3 Å². The molecule has 0 aromatic carbocycles. The third kappa shape index (κ3) is 1.91. The lowest BCUT2D eigenvalue weighted by atomic mass is 10.3. The third-order valence-corrected chi connectivity index (χ3v) is 1.14. The van der Waals surface area contributed by atoms with Crippen LogP contribution < -0.4 is 5.73 Å². The van der Waals surface area contributed by atoms with E-state index >= 15 is 0 Å². The van der Waals surface area contributed by atoms with Crippen molar-refractivity contribution in [1.82, 2.24) is 0 Å². The molecule has 1 rings (SSSR count). The summed E-state index contributed by atoms with van der Waals surface area (Å²) in [6, 6.07) is -0.0344. The largest absolute Gasteiger partial charge is 0.391 e. The summed E-state index contributed by atoms with van der Waals surface area (Å²) in [7, 11) is 0. The molecule has 0 aromatic rings. The van der Waals surface area contributed by atoms with Crippen molar-refractivity contribution in [2.75, 3.05) is 19.8 Å². The molecule has 0 aliphatic carbocycles. The van der Waals surface area contributed by atoms with Crippen LogP contribution in [0.1, 0.15) is 0 Å². The minimum absolute atomic E-state index is 0.0344. The van der Waals surface area contributed by atoms with Crippen LogP contribution in [0.3, 0.4) is 0 Å². The van der Waals surface area contributed by atoms with Gasteiger partial charge >= 0.3 is 0 Å². The van der Waals surface area contributed by atoms with Gasteiger partial charge in [0, 0.05) is 0 Å². The molecule has 0 amide bonds. The highest BCUT2D eigenvalue weighted by atomic mass is 16.7. The van der Waals surface area contributed by atoms with E-state index in [9.17, 15) is 0 Å². The summed E-state index contributed by atoms with van der Waals surface area (Å²) in [5.41, 5.74) is 5.42. The van der Waals surface area contributed by atoms with Gasteiger partial charge in [-0.05, 0) is 0 Å². The van der Waals surface area contributed by atoms with Gasteiger partial charge in [0.1, 0.15) is 0 Å². The quantitative estimate of drug-likeness (QED) is 0.465. The molecular formula is C5H11NO3. The fourth-order valence-corrected chi connectivity index (χ4v) is 0.663. The van der Waals surface area contributed by atoms with Crippen LogP contribution in [0.5, 0.6) is 0 Å². The summed E-state index contributed by atoms with van der Waals surface area (Å²) in [6.45, 7) is 0.864. The molecule has 9 heavy (non-hydrogen) atoms. The Labute approximate surface area is 53.6 Å². The first-order valence-electron chi connectivity index (χ1n) is 2.92.